The van der Waals surface area contributed by atoms with Gasteiger partial charge < -0.3 is 15.1 Å². The average Bonchev–Trinajstić information content (AvgIpc) is 2.68. The molecule has 1 aliphatic rings. The number of benzene rings is 1. The Morgan fingerprint density at radius 1 is 1.28 bits per heavy atom. The molecule has 1 N–H and O–H groups in total. The Bertz CT molecular complexity index is 862. The van der Waals surface area contributed by atoms with Gasteiger partial charge in [-0.3, -0.25) is 0 Å². The third-order valence-electron chi connectivity index (χ3n) is 4.87. The Balaban J connectivity index is 1.51. The second-order valence-corrected chi connectivity index (χ2v) is 7.38. The first-order chi connectivity index (χ1) is 13.8. The SMILES string of the molecule is C[C@@H]1CN(c2ncccc2Cl)CCN1C(=O)NCCc1cccc(C(F)(F)F)c1. The molecule has 1 fully saturated rings. The fourth-order valence-electron chi connectivity index (χ4n) is 3.38. The maximum absolute atomic E-state index is 12.8. The van der Waals surface area contributed by atoms with Gasteiger partial charge in [-0.25, -0.2) is 9.78 Å². The number of hydrogen-bond acceptors (Lipinski definition) is 3. The lowest BCUT2D eigenvalue weighted by molar-refractivity contribution is -0.137. The third-order valence-corrected chi connectivity index (χ3v) is 5.17. The van der Waals surface area contributed by atoms with Crippen LogP contribution in [0.3, 0.4) is 0 Å². The predicted octanol–water partition coefficient (Wildman–Crippen LogP) is 4.22. The largest absolute Gasteiger partial charge is 0.416 e. The summed E-state index contributed by atoms with van der Waals surface area (Å²) in [6.45, 7) is 3.90. The van der Waals surface area contributed by atoms with Gasteiger partial charge in [-0.15, -0.1) is 0 Å². The highest BCUT2D eigenvalue weighted by molar-refractivity contribution is 6.32. The summed E-state index contributed by atoms with van der Waals surface area (Å²) in [6, 6.07) is 8.42. The lowest BCUT2D eigenvalue weighted by Gasteiger charge is -2.40. The number of rotatable bonds is 4. The second kappa shape index (κ2) is 8.90. The number of carbonyl (C=O) groups is 1. The standard InChI is InChI=1S/C20H22ClF3N4O/c1-14-13-27(18-17(21)6-3-8-25-18)10-11-28(14)19(29)26-9-7-15-4-2-5-16(12-15)20(22,23)24/h2-6,8,12,14H,7,9-11,13H2,1H3,(H,26,29)/t14-/m1/s1. The molecule has 1 aromatic carbocycles. The second-order valence-electron chi connectivity index (χ2n) is 6.98. The number of piperazine rings is 1. The number of alkyl halides is 3. The van der Waals surface area contributed by atoms with Crippen molar-refractivity contribution in [2.24, 2.45) is 0 Å². The predicted molar refractivity (Wildman–Crippen MR) is 106 cm³/mol. The zero-order valence-corrected chi connectivity index (χ0v) is 16.7. The maximum Gasteiger partial charge on any atom is 0.416 e. The molecule has 0 radical (unpaired) electrons. The highest BCUT2D eigenvalue weighted by Gasteiger charge is 2.31. The van der Waals surface area contributed by atoms with Gasteiger partial charge in [0.15, 0.2) is 0 Å². The Hall–Kier alpha value is -2.48. The minimum atomic E-state index is -4.37. The molecule has 2 aromatic rings. The highest BCUT2D eigenvalue weighted by Crippen LogP contribution is 2.29. The molecular formula is C20H22ClF3N4O. The van der Waals surface area contributed by atoms with Crippen molar-refractivity contribution in [1.29, 1.82) is 0 Å². The molecule has 0 unspecified atom stereocenters. The van der Waals surface area contributed by atoms with Crippen molar-refractivity contribution >= 4 is 23.4 Å². The van der Waals surface area contributed by atoms with E-state index in [0.717, 1.165) is 12.1 Å². The van der Waals surface area contributed by atoms with Crippen LogP contribution in [0.15, 0.2) is 42.6 Å². The van der Waals surface area contributed by atoms with Gasteiger partial charge in [0.1, 0.15) is 5.82 Å². The Morgan fingerprint density at radius 3 is 2.76 bits per heavy atom. The average molecular weight is 427 g/mol. The topological polar surface area (TPSA) is 48.5 Å². The lowest BCUT2D eigenvalue weighted by atomic mass is 10.1. The Labute approximate surface area is 172 Å². The smallest absolute Gasteiger partial charge is 0.352 e. The molecule has 1 aromatic heterocycles. The number of aromatic nitrogens is 1. The summed E-state index contributed by atoms with van der Waals surface area (Å²) in [4.78, 5) is 20.6. The molecule has 156 valence electrons. The van der Waals surface area contributed by atoms with E-state index in [9.17, 15) is 18.0 Å². The number of hydrogen-bond donors (Lipinski definition) is 1. The third kappa shape index (κ3) is 5.32. The summed E-state index contributed by atoms with van der Waals surface area (Å²) < 4.78 is 38.4. The van der Waals surface area contributed by atoms with E-state index in [4.69, 9.17) is 11.6 Å². The highest BCUT2D eigenvalue weighted by atomic mass is 35.5. The van der Waals surface area contributed by atoms with Crippen LogP contribution in [-0.2, 0) is 12.6 Å². The van der Waals surface area contributed by atoms with Crippen LogP contribution in [-0.4, -0.2) is 48.1 Å². The summed E-state index contributed by atoms with van der Waals surface area (Å²) in [5.41, 5.74) is -0.151. The summed E-state index contributed by atoms with van der Waals surface area (Å²) in [7, 11) is 0. The molecule has 1 atom stereocenters. The molecule has 29 heavy (non-hydrogen) atoms. The molecule has 2 amide bonds. The minimum absolute atomic E-state index is 0.0598. The van der Waals surface area contributed by atoms with Gasteiger partial charge in [-0.05, 0) is 37.1 Å². The number of amides is 2. The van der Waals surface area contributed by atoms with Gasteiger partial charge in [-0.1, -0.05) is 29.8 Å². The molecule has 0 saturated carbocycles. The molecule has 9 heteroatoms. The van der Waals surface area contributed by atoms with Crippen molar-refractivity contribution < 1.29 is 18.0 Å². The van der Waals surface area contributed by atoms with E-state index in [1.807, 2.05) is 11.8 Å². The lowest BCUT2D eigenvalue weighted by Crippen LogP contribution is -2.57. The first-order valence-corrected chi connectivity index (χ1v) is 9.69. The van der Waals surface area contributed by atoms with Crippen LogP contribution < -0.4 is 10.2 Å². The van der Waals surface area contributed by atoms with E-state index in [1.54, 1.807) is 29.3 Å². The molecule has 0 bridgehead atoms. The summed E-state index contributed by atoms with van der Waals surface area (Å²) in [5.74, 6) is 0.700. The molecule has 0 spiro atoms. The van der Waals surface area contributed by atoms with Gasteiger partial charge in [0.25, 0.3) is 0 Å². The van der Waals surface area contributed by atoms with Crippen LogP contribution in [0.1, 0.15) is 18.1 Å². The number of anilines is 1. The number of nitrogens with one attached hydrogen (secondary N) is 1. The molecule has 5 nitrogen and oxygen atoms in total. The van der Waals surface area contributed by atoms with Gasteiger partial charge >= 0.3 is 12.2 Å². The number of urea groups is 1. The van der Waals surface area contributed by atoms with Crippen molar-refractivity contribution in [3.8, 4) is 0 Å². The zero-order chi connectivity index (χ0) is 21.0. The van der Waals surface area contributed by atoms with Gasteiger partial charge in [0.2, 0.25) is 0 Å². The van der Waals surface area contributed by atoms with E-state index < -0.39 is 11.7 Å². The summed E-state index contributed by atoms with van der Waals surface area (Å²) in [5, 5.41) is 3.37. The number of halogens is 4. The number of nitrogens with zero attached hydrogens (tertiary/aromatic N) is 3. The quantitative estimate of drug-likeness (QED) is 0.796. The van der Waals surface area contributed by atoms with E-state index in [1.165, 1.54) is 6.07 Å². The first-order valence-electron chi connectivity index (χ1n) is 9.32. The molecule has 2 heterocycles. The van der Waals surface area contributed by atoms with Crippen LogP contribution in [0.4, 0.5) is 23.8 Å². The van der Waals surface area contributed by atoms with Gasteiger partial charge in [0.05, 0.1) is 10.6 Å². The van der Waals surface area contributed by atoms with E-state index >= 15 is 0 Å². The Morgan fingerprint density at radius 2 is 2.07 bits per heavy atom. The van der Waals surface area contributed by atoms with Gasteiger partial charge in [0, 0.05) is 38.4 Å². The van der Waals surface area contributed by atoms with Crippen molar-refractivity contribution in [3.05, 3.63) is 58.7 Å². The maximum atomic E-state index is 12.8. The van der Waals surface area contributed by atoms with E-state index in [0.29, 0.717) is 42.5 Å². The van der Waals surface area contributed by atoms with Crippen molar-refractivity contribution in [2.45, 2.75) is 25.6 Å². The number of pyridine rings is 1. The molecule has 1 aliphatic heterocycles. The zero-order valence-electron chi connectivity index (χ0n) is 15.9. The van der Waals surface area contributed by atoms with Crippen molar-refractivity contribution in [3.63, 3.8) is 0 Å². The van der Waals surface area contributed by atoms with Crippen LogP contribution in [0.5, 0.6) is 0 Å². The van der Waals surface area contributed by atoms with Crippen LogP contribution in [0, 0.1) is 0 Å². The molecule has 1 saturated heterocycles. The van der Waals surface area contributed by atoms with E-state index in [2.05, 4.69) is 10.3 Å². The first kappa shape index (κ1) is 21.2. The van der Waals surface area contributed by atoms with Crippen molar-refractivity contribution in [1.82, 2.24) is 15.2 Å². The van der Waals surface area contributed by atoms with Gasteiger partial charge in [-0.2, -0.15) is 13.2 Å². The molecule has 0 aliphatic carbocycles. The summed E-state index contributed by atoms with van der Waals surface area (Å²) >= 11 is 6.20. The van der Waals surface area contributed by atoms with Crippen LogP contribution in [0.25, 0.3) is 0 Å². The monoisotopic (exact) mass is 426 g/mol. The Kier molecular flexibility index (Phi) is 6.52. The fraction of sp³-hybridized carbons (Fsp3) is 0.400. The van der Waals surface area contributed by atoms with E-state index in [-0.39, 0.29) is 18.6 Å². The fourth-order valence-corrected chi connectivity index (χ4v) is 3.62. The number of carbonyl (C=O) groups excluding carboxylic acids is 1. The molecular weight excluding hydrogens is 405 g/mol. The van der Waals surface area contributed by atoms with Crippen LogP contribution in [0.2, 0.25) is 5.02 Å². The summed E-state index contributed by atoms with van der Waals surface area (Å²) in [6.07, 6.45) is -2.36. The minimum Gasteiger partial charge on any atom is -0.352 e. The molecule has 3 rings (SSSR count). The van der Waals surface area contributed by atoms with Crippen LogP contribution >= 0.6 is 11.6 Å². The normalized spacial score (nSPS) is 17.3. The van der Waals surface area contributed by atoms with Crippen molar-refractivity contribution in [2.75, 3.05) is 31.1 Å².